The average Bonchev–Trinajstić information content (AvgIpc) is 3.33. The smallest absolute Gasteiger partial charge is 0.280 e. The van der Waals surface area contributed by atoms with Gasteiger partial charge in [0.2, 0.25) is 0 Å². The Bertz CT molecular complexity index is 885. The van der Waals surface area contributed by atoms with Crippen LogP contribution in [0.4, 0.5) is 0 Å². The van der Waals surface area contributed by atoms with Gasteiger partial charge in [-0.1, -0.05) is 5.16 Å². The lowest BCUT2D eigenvalue weighted by Gasteiger charge is -2.39. The zero-order valence-electron chi connectivity index (χ0n) is 17.3. The van der Waals surface area contributed by atoms with Crippen molar-refractivity contribution < 1.29 is 17.7 Å². The molecule has 1 aliphatic carbocycles. The normalized spacial score (nSPS) is 34.8. The molecule has 0 unspecified atom stereocenters. The molecule has 1 aromatic heterocycles. The van der Waals surface area contributed by atoms with Gasteiger partial charge in [-0.15, -0.1) is 0 Å². The molecule has 4 aliphatic rings. The Kier molecular flexibility index (Phi) is 5.37. The third-order valence-corrected chi connectivity index (χ3v) is 8.74. The van der Waals surface area contributed by atoms with Gasteiger partial charge in [0.1, 0.15) is 5.76 Å². The van der Waals surface area contributed by atoms with Gasteiger partial charge in [0, 0.05) is 42.2 Å². The van der Waals surface area contributed by atoms with E-state index in [2.05, 4.69) is 27.4 Å². The van der Waals surface area contributed by atoms with Crippen molar-refractivity contribution in [2.45, 2.75) is 94.4 Å². The van der Waals surface area contributed by atoms with Crippen LogP contribution in [-0.4, -0.2) is 60.5 Å². The van der Waals surface area contributed by atoms with E-state index in [0.29, 0.717) is 30.5 Å². The molecule has 4 fully saturated rings. The SMILES string of the molecule is C[C@H]1C[C@@H](NS(=O)(=O)N2[C@@H]3CC[C@H]2C[C@@H](NC(=O)c2cc(C4CC4)on2)C3)CCN1. The second-order valence-corrected chi connectivity index (χ2v) is 11.1. The highest BCUT2D eigenvalue weighted by Gasteiger charge is 2.47. The lowest BCUT2D eigenvalue weighted by molar-refractivity contribution is 0.0899. The standard InChI is InChI=1S/C20H31N5O4S/c1-12-8-14(6-7-21-12)24-30(27,28)25-16-4-5-17(25)10-15(9-16)22-20(26)18-11-19(29-23-18)13-2-3-13/h11-17,21,24H,2-10H2,1H3,(H,22,26)/t12-,14-,15-,16+,17-/m0/s1. The molecule has 3 N–H and O–H groups in total. The zero-order chi connectivity index (χ0) is 20.9. The number of hydrogen-bond acceptors (Lipinski definition) is 6. The number of hydrogen-bond donors (Lipinski definition) is 3. The van der Waals surface area contributed by atoms with Crippen molar-refractivity contribution in [1.82, 2.24) is 24.8 Å². The number of aromatic nitrogens is 1. The number of rotatable bonds is 6. The fraction of sp³-hybridized carbons (Fsp3) is 0.800. The van der Waals surface area contributed by atoms with Gasteiger partial charge in [-0.05, 0) is 64.8 Å². The molecule has 9 nitrogen and oxygen atoms in total. The van der Waals surface area contributed by atoms with Crippen LogP contribution >= 0.6 is 0 Å². The number of nitrogens with zero attached hydrogens (tertiary/aromatic N) is 2. The fourth-order valence-corrected chi connectivity index (χ4v) is 7.30. The van der Waals surface area contributed by atoms with Crippen molar-refractivity contribution in [2.24, 2.45) is 0 Å². The van der Waals surface area contributed by atoms with Gasteiger partial charge >= 0.3 is 0 Å². The minimum absolute atomic E-state index is 0.0177. The molecule has 2 bridgehead atoms. The Balaban J connectivity index is 1.20. The Morgan fingerprint density at radius 2 is 1.87 bits per heavy atom. The molecule has 1 aromatic rings. The van der Waals surface area contributed by atoms with Crippen molar-refractivity contribution in [3.63, 3.8) is 0 Å². The molecule has 3 aliphatic heterocycles. The predicted molar refractivity (Wildman–Crippen MR) is 110 cm³/mol. The van der Waals surface area contributed by atoms with Crippen LogP contribution in [-0.2, 0) is 10.2 Å². The maximum atomic E-state index is 13.1. The first-order valence-electron chi connectivity index (χ1n) is 11.2. The Hall–Kier alpha value is -1.49. The van der Waals surface area contributed by atoms with Gasteiger partial charge in [-0.25, -0.2) is 0 Å². The summed E-state index contributed by atoms with van der Waals surface area (Å²) in [5.74, 6) is 0.978. The van der Waals surface area contributed by atoms with Gasteiger partial charge in [0.15, 0.2) is 5.69 Å². The summed E-state index contributed by atoms with van der Waals surface area (Å²) in [5, 5.41) is 10.3. The number of nitrogens with one attached hydrogen (secondary N) is 3. The molecule has 1 saturated carbocycles. The summed E-state index contributed by atoms with van der Waals surface area (Å²) in [6.07, 6.45) is 6.77. The predicted octanol–water partition coefficient (Wildman–Crippen LogP) is 1.25. The molecule has 0 spiro atoms. The zero-order valence-corrected chi connectivity index (χ0v) is 18.2. The van der Waals surface area contributed by atoms with Crippen LogP contribution in [0.1, 0.15) is 80.5 Å². The number of amides is 1. The van der Waals surface area contributed by atoms with Crippen LogP contribution in [0.15, 0.2) is 10.6 Å². The van der Waals surface area contributed by atoms with Crippen LogP contribution in [0.2, 0.25) is 0 Å². The summed E-state index contributed by atoms with van der Waals surface area (Å²) in [4.78, 5) is 12.6. The minimum atomic E-state index is -3.53. The van der Waals surface area contributed by atoms with Gasteiger partial charge in [0.05, 0.1) is 0 Å². The van der Waals surface area contributed by atoms with E-state index < -0.39 is 10.2 Å². The molecule has 1 amide bonds. The van der Waals surface area contributed by atoms with Crippen molar-refractivity contribution >= 4 is 16.1 Å². The molecule has 5 rings (SSSR count). The average molecular weight is 438 g/mol. The molecular weight excluding hydrogens is 406 g/mol. The lowest BCUT2D eigenvalue weighted by Crippen LogP contribution is -2.57. The Labute approximate surface area is 177 Å². The molecule has 30 heavy (non-hydrogen) atoms. The lowest BCUT2D eigenvalue weighted by atomic mass is 9.99. The molecule has 0 radical (unpaired) electrons. The third-order valence-electron chi connectivity index (χ3n) is 6.96. The van der Waals surface area contributed by atoms with Crippen molar-refractivity contribution in [1.29, 1.82) is 0 Å². The number of piperidine rings is 2. The number of carbonyl (C=O) groups is 1. The van der Waals surface area contributed by atoms with Gasteiger partial charge in [-0.3, -0.25) is 4.79 Å². The molecule has 10 heteroatoms. The van der Waals surface area contributed by atoms with E-state index in [1.54, 1.807) is 10.4 Å². The summed E-state index contributed by atoms with van der Waals surface area (Å²) in [6, 6.07) is 1.87. The summed E-state index contributed by atoms with van der Waals surface area (Å²) >= 11 is 0. The molecule has 3 saturated heterocycles. The van der Waals surface area contributed by atoms with E-state index in [1.807, 2.05) is 0 Å². The first-order valence-corrected chi connectivity index (χ1v) is 12.6. The quantitative estimate of drug-likeness (QED) is 0.617. The fourth-order valence-electron chi connectivity index (χ4n) is 5.37. The molecule has 4 heterocycles. The maximum absolute atomic E-state index is 13.1. The van der Waals surface area contributed by atoms with Crippen LogP contribution < -0.4 is 15.4 Å². The van der Waals surface area contributed by atoms with E-state index in [4.69, 9.17) is 4.52 Å². The number of fused-ring (bicyclic) bond motifs is 2. The Morgan fingerprint density at radius 3 is 2.53 bits per heavy atom. The maximum Gasteiger partial charge on any atom is 0.280 e. The first kappa shape index (κ1) is 20.4. The van der Waals surface area contributed by atoms with Gasteiger partial charge < -0.3 is 15.2 Å². The summed E-state index contributed by atoms with van der Waals surface area (Å²) in [5.41, 5.74) is 0.320. The molecular formula is C20H31N5O4S. The van der Waals surface area contributed by atoms with Crippen molar-refractivity contribution in [3.8, 4) is 0 Å². The molecule has 0 aromatic carbocycles. The van der Waals surface area contributed by atoms with Crippen molar-refractivity contribution in [2.75, 3.05) is 6.54 Å². The van der Waals surface area contributed by atoms with Crippen molar-refractivity contribution in [3.05, 3.63) is 17.5 Å². The number of carbonyl (C=O) groups excluding carboxylic acids is 1. The van der Waals surface area contributed by atoms with Crippen LogP contribution in [0, 0.1) is 0 Å². The highest BCUT2D eigenvalue weighted by Crippen LogP contribution is 2.40. The summed E-state index contributed by atoms with van der Waals surface area (Å²) < 4.78 is 36.2. The second kappa shape index (κ2) is 7.89. The molecule has 166 valence electrons. The first-order chi connectivity index (χ1) is 14.4. The highest BCUT2D eigenvalue weighted by molar-refractivity contribution is 7.87. The van der Waals surface area contributed by atoms with Crippen LogP contribution in [0.25, 0.3) is 0 Å². The van der Waals surface area contributed by atoms with E-state index in [1.165, 1.54) is 0 Å². The van der Waals surface area contributed by atoms with Crippen LogP contribution in [0.3, 0.4) is 0 Å². The van der Waals surface area contributed by atoms with Crippen LogP contribution in [0.5, 0.6) is 0 Å². The van der Waals surface area contributed by atoms with E-state index in [-0.39, 0.29) is 30.1 Å². The second-order valence-electron chi connectivity index (χ2n) is 9.44. The monoisotopic (exact) mass is 437 g/mol. The van der Waals surface area contributed by atoms with Gasteiger partial charge in [-0.2, -0.15) is 17.4 Å². The highest BCUT2D eigenvalue weighted by atomic mass is 32.2. The topological polar surface area (TPSA) is 117 Å². The van der Waals surface area contributed by atoms with Gasteiger partial charge in [0.25, 0.3) is 16.1 Å². The summed E-state index contributed by atoms with van der Waals surface area (Å²) in [7, 11) is -3.53. The van der Waals surface area contributed by atoms with E-state index in [9.17, 15) is 13.2 Å². The van der Waals surface area contributed by atoms with E-state index in [0.717, 1.165) is 50.8 Å². The minimum Gasteiger partial charge on any atom is -0.360 e. The molecule has 5 atom stereocenters. The summed E-state index contributed by atoms with van der Waals surface area (Å²) in [6.45, 7) is 2.92. The Morgan fingerprint density at radius 1 is 1.13 bits per heavy atom. The largest absolute Gasteiger partial charge is 0.360 e. The van der Waals surface area contributed by atoms with E-state index >= 15 is 0 Å². The third kappa shape index (κ3) is 4.15.